The lowest BCUT2D eigenvalue weighted by Gasteiger charge is -2.31. The zero-order chi connectivity index (χ0) is 23.3. The number of aromatic nitrogens is 1. The zero-order valence-corrected chi connectivity index (χ0v) is 17.2. The van der Waals surface area contributed by atoms with Crippen molar-refractivity contribution in [3.63, 3.8) is 0 Å². The number of hydrogen-bond acceptors (Lipinski definition) is 7. The van der Waals surface area contributed by atoms with Gasteiger partial charge in [0.1, 0.15) is 23.0 Å². The lowest BCUT2D eigenvalue weighted by molar-refractivity contribution is -0.384. The molecule has 2 heterocycles. The highest BCUT2D eigenvalue weighted by atomic mass is 19.4. The molecule has 172 valence electrons. The predicted molar refractivity (Wildman–Crippen MR) is 111 cm³/mol. The number of pyridine rings is 1. The minimum Gasteiger partial charge on any atom is -0.457 e. The van der Waals surface area contributed by atoms with Crippen molar-refractivity contribution in [3.8, 4) is 11.5 Å². The van der Waals surface area contributed by atoms with Crippen LogP contribution in [0.1, 0.15) is 12.8 Å². The smallest absolute Gasteiger partial charge is 0.401 e. The van der Waals surface area contributed by atoms with Crippen molar-refractivity contribution in [3.05, 3.63) is 46.6 Å². The third-order valence-corrected chi connectivity index (χ3v) is 5.01. The molecule has 2 N–H and O–H groups in total. The summed E-state index contributed by atoms with van der Waals surface area (Å²) in [7, 11) is 1.57. The van der Waals surface area contributed by atoms with Gasteiger partial charge < -0.3 is 15.4 Å². The standard InChI is InChI=1S/C20H22F3N5O4/c1-24-16-3-2-14(10-17(16)28(30)31)32-15-4-7-25-18(11-15)26-19(29)13-5-8-27(9-6-13)12-20(21,22)23/h2-4,7,10-11,13,24H,5-6,8-9,12H2,1H3,(H,25,26,29). The number of nitro groups is 1. The molecule has 0 atom stereocenters. The van der Waals surface area contributed by atoms with Crippen LogP contribution in [0.5, 0.6) is 11.5 Å². The number of carbonyl (C=O) groups excluding carboxylic acids is 1. The van der Waals surface area contributed by atoms with Gasteiger partial charge in [0.05, 0.1) is 17.5 Å². The highest BCUT2D eigenvalue weighted by Crippen LogP contribution is 2.32. The molecule has 1 aromatic heterocycles. The number of benzene rings is 1. The summed E-state index contributed by atoms with van der Waals surface area (Å²) in [5.74, 6) is 0.0162. The van der Waals surface area contributed by atoms with Crippen molar-refractivity contribution in [1.29, 1.82) is 0 Å². The Bertz CT molecular complexity index is 978. The maximum absolute atomic E-state index is 12.5. The van der Waals surface area contributed by atoms with Gasteiger partial charge in [-0.15, -0.1) is 0 Å². The molecule has 0 unspecified atom stereocenters. The fourth-order valence-electron chi connectivity index (χ4n) is 3.45. The molecular formula is C20H22F3N5O4. The molecule has 2 aromatic rings. The van der Waals surface area contributed by atoms with Crippen LogP contribution < -0.4 is 15.4 Å². The summed E-state index contributed by atoms with van der Waals surface area (Å²) in [5, 5.41) is 16.6. The first kappa shape index (κ1) is 23.3. The van der Waals surface area contributed by atoms with Crippen LogP contribution in [0.15, 0.2) is 36.5 Å². The van der Waals surface area contributed by atoms with Gasteiger partial charge in [-0.25, -0.2) is 4.98 Å². The Labute approximate surface area is 181 Å². The Morgan fingerprint density at radius 1 is 1.25 bits per heavy atom. The number of rotatable bonds is 7. The molecule has 0 bridgehead atoms. The van der Waals surface area contributed by atoms with E-state index >= 15 is 0 Å². The van der Waals surface area contributed by atoms with Gasteiger partial charge in [0.2, 0.25) is 5.91 Å². The summed E-state index contributed by atoms with van der Waals surface area (Å²) >= 11 is 0. The van der Waals surface area contributed by atoms with Crippen molar-refractivity contribution < 1.29 is 27.6 Å². The maximum Gasteiger partial charge on any atom is 0.401 e. The first-order chi connectivity index (χ1) is 15.1. The molecule has 1 amide bonds. The van der Waals surface area contributed by atoms with Crippen molar-refractivity contribution in [2.75, 3.05) is 37.3 Å². The van der Waals surface area contributed by atoms with Crippen molar-refractivity contribution in [2.45, 2.75) is 19.0 Å². The topological polar surface area (TPSA) is 110 Å². The number of nitrogens with one attached hydrogen (secondary N) is 2. The monoisotopic (exact) mass is 453 g/mol. The van der Waals surface area contributed by atoms with Gasteiger partial charge in [-0.2, -0.15) is 13.2 Å². The molecule has 32 heavy (non-hydrogen) atoms. The van der Waals surface area contributed by atoms with E-state index in [1.807, 2.05) is 0 Å². The molecule has 9 nitrogen and oxygen atoms in total. The molecule has 1 saturated heterocycles. The van der Waals surface area contributed by atoms with Crippen LogP contribution >= 0.6 is 0 Å². The van der Waals surface area contributed by atoms with Crippen LogP contribution in [-0.2, 0) is 4.79 Å². The lowest BCUT2D eigenvalue weighted by atomic mass is 9.96. The van der Waals surface area contributed by atoms with E-state index in [1.54, 1.807) is 13.1 Å². The van der Waals surface area contributed by atoms with Gasteiger partial charge in [0.25, 0.3) is 5.69 Å². The van der Waals surface area contributed by atoms with Gasteiger partial charge in [0.15, 0.2) is 0 Å². The fourth-order valence-corrected chi connectivity index (χ4v) is 3.45. The first-order valence-electron chi connectivity index (χ1n) is 9.84. The summed E-state index contributed by atoms with van der Waals surface area (Å²) in [6, 6.07) is 7.35. The Morgan fingerprint density at radius 3 is 2.56 bits per heavy atom. The summed E-state index contributed by atoms with van der Waals surface area (Å²) in [5.41, 5.74) is 0.191. The first-order valence-corrected chi connectivity index (χ1v) is 9.84. The summed E-state index contributed by atoms with van der Waals surface area (Å²) < 4.78 is 43.2. The van der Waals surface area contributed by atoms with Crippen LogP contribution in [0.3, 0.4) is 0 Å². The molecule has 1 fully saturated rings. The Hall–Kier alpha value is -3.41. The second kappa shape index (κ2) is 9.81. The van der Waals surface area contributed by atoms with E-state index in [-0.39, 0.29) is 36.3 Å². The molecular weight excluding hydrogens is 431 g/mol. The number of anilines is 2. The Morgan fingerprint density at radius 2 is 1.94 bits per heavy atom. The largest absolute Gasteiger partial charge is 0.457 e. The minimum atomic E-state index is -4.26. The molecule has 0 radical (unpaired) electrons. The van der Waals surface area contributed by atoms with E-state index in [9.17, 15) is 28.1 Å². The maximum atomic E-state index is 12.5. The quantitative estimate of drug-likeness (QED) is 0.481. The summed E-state index contributed by atoms with van der Waals surface area (Å²) in [4.78, 5) is 28.5. The number of likely N-dealkylation sites (tertiary alicyclic amines) is 1. The molecule has 12 heteroatoms. The Kier molecular flexibility index (Phi) is 7.13. The average Bonchev–Trinajstić information content (AvgIpc) is 2.73. The third-order valence-electron chi connectivity index (χ3n) is 5.01. The molecule has 0 spiro atoms. The number of nitro benzene ring substituents is 1. The number of hydrogen-bond donors (Lipinski definition) is 2. The normalized spacial score (nSPS) is 15.2. The lowest BCUT2D eigenvalue weighted by Crippen LogP contribution is -2.42. The number of nitrogens with zero attached hydrogens (tertiary/aromatic N) is 3. The second-order valence-electron chi connectivity index (χ2n) is 7.32. The number of amides is 1. The molecule has 1 aliphatic rings. The summed E-state index contributed by atoms with van der Waals surface area (Å²) in [6.07, 6.45) is -2.21. The van der Waals surface area contributed by atoms with E-state index in [2.05, 4.69) is 15.6 Å². The van der Waals surface area contributed by atoms with Crippen LogP contribution in [-0.4, -0.2) is 53.6 Å². The van der Waals surface area contributed by atoms with E-state index in [4.69, 9.17) is 4.74 Å². The van der Waals surface area contributed by atoms with Gasteiger partial charge in [-0.05, 0) is 44.1 Å². The van der Waals surface area contributed by atoms with Crippen LogP contribution in [0, 0.1) is 16.0 Å². The van der Waals surface area contributed by atoms with Crippen LogP contribution in [0.25, 0.3) is 0 Å². The van der Waals surface area contributed by atoms with Gasteiger partial charge in [0, 0.05) is 25.2 Å². The highest BCUT2D eigenvalue weighted by Gasteiger charge is 2.34. The van der Waals surface area contributed by atoms with E-state index in [0.29, 0.717) is 24.3 Å². The van der Waals surface area contributed by atoms with Crippen molar-refractivity contribution in [1.82, 2.24) is 9.88 Å². The molecule has 0 aliphatic carbocycles. The number of halogens is 3. The van der Waals surface area contributed by atoms with Crippen LogP contribution in [0.4, 0.5) is 30.4 Å². The van der Waals surface area contributed by atoms with Crippen molar-refractivity contribution >= 4 is 23.1 Å². The molecule has 1 aromatic carbocycles. The summed E-state index contributed by atoms with van der Waals surface area (Å²) in [6.45, 7) is -0.596. The minimum absolute atomic E-state index is 0.149. The third kappa shape index (κ3) is 6.30. The zero-order valence-electron chi connectivity index (χ0n) is 17.2. The molecule has 1 aliphatic heterocycles. The number of carbonyl (C=O) groups is 1. The fraction of sp³-hybridized carbons (Fsp3) is 0.400. The number of piperidine rings is 1. The van der Waals surface area contributed by atoms with E-state index in [1.165, 1.54) is 35.4 Å². The van der Waals surface area contributed by atoms with Crippen molar-refractivity contribution in [2.24, 2.45) is 5.92 Å². The number of alkyl halides is 3. The Balaban J connectivity index is 1.60. The highest BCUT2D eigenvalue weighted by molar-refractivity contribution is 5.91. The predicted octanol–water partition coefficient (Wildman–Crippen LogP) is 4.04. The average molecular weight is 453 g/mol. The van der Waals surface area contributed by atoms with Gasteiger partial charge in [-0.3, -0.25) is 19.8 Å². The van der Waals surface area contributed by atoms with Gasteiger partial charge >= 0.3 is 6.18 Å². The van der Waals surface area contributed by atoms with E-state index < -0.39 is 23.6 Å². The van der Waals surface area contributed by atoms with E-state index in [0.717, 1.165) is 0 Å². The molecule has 0 saturated carbocycles. The second-order valence-corrected chi connectivity index (χ2v) is 7.32. The number of ether oxygens (including phenoxy) is 1. The SMILES string of the molecule is CNc1ccc(Oc2ccnc(NC(=O)C3CCN(CC(F)(F)F)CC3)c2)cc1[N+](=O)[O-]. The van der Waals surface area contributed by atoms with Gasteiger partial charge in [-0.1, -0.05) is 0 Å². The van der Waals surface area contributed by atoms with Crippen LogP contribution in [0.2, 0.25) is 0 Å². The molecule has 3 rings (SSSR count).